The van der Waals surface area contributed by atoms with E-state index in [0.717, 1.165) is 36.2 Å². The zero-order valence-corrected chi connectivity index (χ0v) is 22.4. The normalized spacial score (nSPS) is 12.4. The van der Waals surface area contributed by atoms with Crippen LogP contribution in [0.1, 0.15) is 45.2 Å². The van der Waals surface area contributed by atoms with Gasteiger partial charge in [-0.25, -0.2) is 4.98 Å². The highest BCUT2D eigenvalue weighted by Gasteiger charge is 2.32. The van der Waals surface area contributed by atoms with E-state index in [1.165, 1.54) is 21.9 Å². The molecular weight excluding hydrogens is 536 g/mol. The van der Waals surface area contributed by atoms with Gasteiger partial charge in [0.15, 0.2) is 10.7 Å². The second kappa shape index (κ2) is 11.8. The second-order valence-electron chi connectivity index (χ2n) is 7.69. The molecule has 1 atom stereocenters. The summed E-state index contributed by atoms with van der Waals surface area (Å²) >= 11 is 13.7. The first kappa shape index (κ1) is 28.2. The molecule has 0 aliphatic heterocycles. The van der Waals surface area contributed by atoms with Crippen molar-refractivity contribution in [2.75, 3.05) is 6.61 Å². The number of nitrogens with zero attached hydrogens (tertiary/aromatic N) is 4. The summed E-state index contributed by atoms with van der Waals surface area (Å²) in [7, 11) is 0. The second-order valence-corrected chi connectivity index (χ2v) is 9.49. The molecule has 36 heavy (non-hydrogen) atoms. The molecule has 0 spiro atoms. The van der Waals surface area contributed by atoms with Crippen molar-refractivity contribution in [2.45, 2.75) is 52.8 Å². The number of hydrogen-bond acceptors (Lipinski definition) is 6. The molecule has 0 bridgehead atoms. The number of aliphatic hydroxyl groups excluding tert-OH is 1. The molecule has 1 unspecified atom stereocenters. The van der Waals surface area contributed by atoms with Crippen molar-refractivity contribution in [1.29, 1.82) is 0 Å². The third kappa shape index (κ3) is 6.29. The summed E-state index contributed by atoms with van der Waals surface area (Å²) in [6, 6.07) is 4.41. The van der Waals surface area contributed by atoms with E-state index in [1.807, 2.05) is 26.8 Å². The Balaban J connectivity index is 0.00000176. The summed E-state index contributed by atoms with van der Waals surface area (Å²) in [4.78, 5) is 4.35. The van der Waals surface area contributed by atoms with Gasteiger partial charge in [-0.05, 0) is 37.1 Å². The van der Waals surface area contributed by atoms with Crippen LogP contribution in [0, 0.1) is 0 Å². The first-order chi connectivity index (χ1) is 17.1. The van der Waals surface area contributed by atoms with E-state index in [1.54, 1.807) is 13.0 Å². The van der Waals surface area contributed by atoms with E-state index >= 15 is 0 Å². The molecule has 0 aliphatic rings. The first-order valence-electron chi connectivity index (χ1n) is 11.3. The van der Waals surface area contributed by atoms with E-state index in [4.69, 9.17) is 27.9 Å². The van der Waals surface area contributed by atoms with Gasteiger partial charge in [-0.1, -0.05) is 61.7 Å². The van der Waals surface area contributed by atoms with Crippen LogP contribution in [0.5, 0.6) is 5.75 Å². The lowest BCUT2D eigenvalue weighted by atomic mass is 10.0. The van der Waals surface area contributed by atoms with Crippen LogP contribution in [0.3, 0.4) is 0 Å². The number of alkyl halides is 3. The van der Waals surface area contributed by atoms with Gasteiger partial charge < -0.3 is 14.2 Å². The fraction of sp³-hybridized carbons (Fsp3) is 0.375. The van der Waals surface area contributed by atoms with E-state index in [0.29, 0.717) is 26.5 Å². The summed E-state index contributed by atoms with van der Waals surface area (Å²) in [5, 5.41) is 19.2. The zero-order valence-electron chi connectivity index (χ0n) is 20.0. The van der Waals surface area contributed by atoms with Crippen molar-refractivity contribution in [1.82, 2.24) is 19.6 Å². The van der Waals surface area contributed by atoms with Gasteiger partial charge in [-0.15, -0.1) is 10.2 Å². The zero-order chi connectivity index (χ0) is 26.6. The summed E-state index contributed by atoms with van der Waals surface area (Å²) < 4.78 is 46.2. The number of rotatable bonds is 7. The average Bonchev–Trinajstić information content (AvgIpc) is 3.47. The number of aryl methyl sites for hydroxylation is 1. The molecule has 6 nitrogen and oxygen atoms in total. The van der Waals surface area contributed by atoms with Crippen LogP contribution < -0.4 is 4.74 Å². The Labute approximate surface area is 220 Å². The Kier molecular flexibility index (Phi) is 9.21. The molecule has 3 aromatic heterocycles. The number of hydrogen-bond donors (Lipinski definition) is 1. The molecule has 194 valence electrons. The Morgan fingerprint density at radius 1 is 1.08 bits per heavy atom. The van der Waals surface area contributed by atoms with Gasteiger partial charge in [0, 0.05) is 18.0 Å². The SMILES string of the molecule is CC.CCCc1cc(OCC(C)O)c(Cl)cc1-c1nnc(-c2cn3cc(C(F)(F)F)cc(Cl)c3n2)s1. The maximum Gasteiger partial charge on any atom is 0.417 e. The summed E-state index contributed by atoms with van der Waals surface area (Å²) in [5.74, 6) is 0.468. The topological polar surface area (TPSA) is 72.5 Å². The van der Waals surface area contributed by atoms with Gasteiger partial charge in [-0.2, -0.15) is 13.2 Å². The third-order valence-corrected chi connectivity index (χ3v) is 6.42. The minimum absolute atomic E-state index is 0.111. The molecule has 0 saturated heterocycles. The molecule has 0 fully saturated rings. The predicted octanol–water partition coefficient (Wildman–Crippen LogP) is 7.58. The highest BCUT2D eigenvalue weighted by molar-refractivity contribution is 7.17. The van der Waals surface area contributed by atoms with Crippen LogP contribution in [0.2, 0.25) is 10.0 Å². The molecule has 12 heteroatoms. The fourth-order valence-corrected chi connectivity index (χ4v) is 4.67. The minimum Gasteiger partial charge on any atom is -0.489 e. The van der Waals surface area contributed by atoms with Crippen molar-refractivity contribution in [3.8, 4) is 27.0 Å². The van der Waals surface area contributed by atoms with E-state index < -0.39 is 17.8 Å². The van der Waals surface area contributed by atoms with Crippen molar-refractivity contribution in [2.24, 2.45) is 0 Å². The summed E-state index contributed by atoms with van der Waals surface area (Å²) in [6.45, 7) is 7.77. The fourth-order valence-electron chi connectivity index (χ4n) is 3.34. The number of halogens is 5. The van der Waals surface area contributed by atoms with Gasteiger partial charge in [0.1, 0.15) is 23.1 Å². The van der Waals surface area contributed by atoms with Gasteiger partial charge in [0.05, 0.1) is 21.7 Å². The van der Waals surface area contributed by atoms with Crippen molar-refractivity contribution >= 4 is 40.2 Å². The summed E-state index contributed by atoms with van der Waals surface area (Å²) in [6.07, 6.45) is -1.20. The molecule has 4 rings (SSSR count). The Morgan fingerprint density at radius 3 is 2.42 bits per heavy atom. The van der Waals surface area contributed by atoms with E-state index in [9.17, 15) is 18.3 Å². The lowest BCUT2D eigenvalue weighted by Gasteiger charge is -2.14. The third-order valence-electron chi connectivity index (χ3n) is 4.87. The largest absolute Gasteiger partial charge is 0.489 e. The monoisotopic (exact) mass is 560 g/mol. The molecule has 1 N–H and O–H groups in total. The van der Waals surface area contributed by atoms with Crippen LogP contribution in [0.15, 0.2) is 30.6 Å². The Morgan fingerprint density at radius 2 is 1.78 bits per heavy atom. The number of benzene rings is 1. The van der Waals surface area contributed by atoms with Gasteiger partial charge in [0.25, 0.3) is 0 Å². The Bertz CT molecular complexity index is 1340. The maximum atomic E-state index is 13.1. The van der Waals surface area contributed by atoms with Crippen LogP contribution in [0.25, 0.3) is 26.9 Å². The van der Waals surface area contributed by atoms with Crippen LogP contribution in [0.4, 0.5) is 13.2 Å². The highest BCUT2D eigenvalue weighted by atomic mass is 35.5. The lowest BCUT2D eigenvalue weighted by Crippen LogP contribution is -2.13. The molecule has 0 aliphatic carbocycles. The smallest absolute Gasteiger partial charge is 0.417 e. The standard InChI is InChI=1S/C22H19Cl2F3N4O2S.C2H6/c1-3-4-12-5-18(33-10-11(2)32)15(23)7-14(12)20-29-30-21(34-20)17-9-31-8-13(22(25,26)27)6-16(24)19(31)28-17;1-2/h5-9,11,32H,3-4,10H2,1-2H3;1-2H3. The maximum absolute atomic E-state index is 13.1. The van der Waals surface area contributed by atoms with E-state index in [-0.39, 0.29) is 17.3 Å². The molecule has 0 radical (unpaired) electrons. The molecule has 3 heterocycles. The van der Waals surface area contributed by atoms with Crippen molar-refractivity contribution in [3.63, 3.8) is 0 Å². The summed E-state index contributed by atoms with van der Waals surface area (Å²) in [5.41, 5.74) is 1.40. The Hall–Kier alpha value is -2.40. The van der Waals surface area contributed by atoms with Gasteiger partial charge in [-0.3, -0.25) is 0 Å². The number of aromatic nitrogens is 4. The predicted molar refractivity (Wildman–Crippen MR) is 137 cm³/mol. The van der Waals surface area contributed by atoms with Crippen LogP contribution in [-0.4, -0.2) is 37.4 Å². The van der Waals surface area contributed by atoms with Gasteiger partial charge in [0.2, 0.25) is 0 Å². The number of imidazole rings is 1. The molecule has 0 amide bonds. The average molecular weight is 561 g/mol. The molecule has 4 aromatic rings. The number of aliphatic hydroxyl groups is 1. The number of fused-ring (bicyclic) bond motifs is 1. The van der Waals surface area contributed by atoms with Crippen molar-refractivity contribution in [3.05, 3.63) is 51.8 Å². The van der Waals surface area contributed by atoms with Crippen molar-refractivity contribution < 1.29 is 23.0 Å². The lowest BCUT2D eigenvalue weighted by molar-refractivity contribution is -0.137. The first-order valence-corrected chi connectivity index (χ1v) is 12.9. The van der Waals surface area contributed by atoms with Crippen LogP contribution >= 0.6 is 34.5 Å². The molecular formula is C24H25Cl2F3N4O2S. The van der Waals surface area contributed by atoms with Crippen LogP contribution in [-0.2, 0) is 12.6 Å². The minimum atomic E-state index is -4.53. The van der Waals surface area contributed by atoms with Gasteiger partial charge >= 0.3 is 6.18 Å². The van der Waals surface area contributed by atoms with E-state index in [2.05, 4.69) is 15.2 Å². The molecule has 1 aromatic carbocycles. The molecule has 0 saturated carbocycles. The highest BCUT2D eigenvalue weighted by Crippen LogP contribution is 2.38. The number of pyridine rings is 1. The number of ether oxygens (including phenoxy) is 1. The quantitative estimate of drug-likeness (QED) is 0.252.